The molecule has 0 aliphatic carbocycles. The lowest BCUT2D eigenvalue weighted by Crippen LogP contribution is -2.15. The van der Waals surface area contributed by atoms with Gasteiger partial charge in [-0.25, -0.2) is 0 Å². The average molecular weight is 354 g/mol. The summed E-state index contributed by atoms with van der Waals surface area (Å²) in [4.78, 5) is 0. The molecule has 0 amide bonds. The first-order chi connectivity index (χ1) is 7.25. The smallest absolute Gasteiger partial charge is 0.122 e. The molecule has 0 spiro atoms. The highest BCUT2D eigenvalue weighted by molar-refractivity contribution is 14.1. The molecule has 1 unspecified atom stereocenters. The third kappa shape index (κ3) is 3.79. The highest BCUT2D eigenvalue weighted by Crippen LogP contribution is 2.21. The number of nitrogens with one attached hydrogen (secondary N) is 1. The molecule has 90 valence electrons. The van der Waals surface area contributed by atoms with Crippen LogP contribution in [0.4, 0.5) is 0 Å². The molecule has 1 aliphatic rings. The van der Waals surface area contributed by atoms with Gasteiger partial charge in [0.15, 0.2) is 0 Å². The summed E-state index contributed by atoms with van der Waals surface area (Å²) in [6.45, 7) is 5.18. The molecule has 4 heteroatoms. The Bertz CT molecular complexity index is 340. The third-order valence-electron chi connectivity index (χ3n) is 2.77. The highest BCUT2D eigenvalue weighted by atomic mass is 127. The topological polar surface area (TPSA) is 21.3 Å². The number of rotatable bonds is 3. The summed E-state index contributed by atoms with van der Waals surface area (Å²) in [7, 11) is 0. The molecular weight excluding hydrogens is 336 g/mol. The van der Waals surface area contributed by atoms with Crippen molar-refractivity contribution in [3.05, 3.63) is 27.3 Å². The number of aryl methyl sites for hydroxylation is 1. The first kappa shape index (κ1) is 14.1. The molecule has 0 saturated carbocycles. The standard InChI is InChI=1S/C12H16INO.ClH/c1-9-6-11(13)2-3-12(9)15-8-10-4-5-14-7-10;/h2-3,6,10,14H,4-5,7-8H2,1H3;1H. The fourth-order valence-corrected chi connectivity index (χ4v) is 2.49. The Kier molecular flexibility index (Phi) is 5.86. The first-order valence-corrected chi connectivity index (χ1v) is 6.43. The summed E-state index contributed by atoms with van der Waals surface area (Å²) in [6.07, 6.45) is 1.24. The van der Waals surface area contributed by atoms with E-state index in [1.165, 1.54) is 15.6 Å². The maximum absolute atomic E-state index is 5.83. The molecule has 0 radical (unpaired) electrons. The minimum atomic E-state index is 0. The van der Waals surface area contributed by atoms with Crippen LogP contribution in [0.5, 0.6) is 5.75 Å². The molecule has 1 saturated heterocycles. The van der Waals surface area contributed by atoms with E-state index in [0.717, 1.165) is 25.4 Å². The van der Waals surface area contributed by atoms with E-state index in [9.17, 15) is 0 Å². The van der Waals surface area contributed by atoms with Gasteiger partial charge in [-0.3, -0.25) is 0 Å². The number of ether oxygens (including phenoxy) is 1. The molecule has 1 atom stereocenters. The zero-order chi connectivity index (χ0) is 10.7. The molecule has 1 fully saturated rings. The van der Waals surface area contributed by atoms with Crippen molar-refractivity contribution < 1.29 is 4.74 Å². The normalized spacial score (nSPS) is 19.2. The third-order valence-corrected chi connectivity index (χ3v) is 3.44. The van der Waals surface area contributed by atoms with Gasteiger partial charge in [-0.15, -0.1) is 12.4 Å². The molecular formula is C12H17ClINO. The molecule has 1 aromatic rings. The van der Waals surface area contributed by atoms with Crippen LogP contribution in [0, 0.1) is 16.4 Å². The van der Waals surface area contributed by atoms with E-state index in [0.29, 0.717) is 5.92 Å². The minimum Gasteiger partial charge on any atom is -0.493 e. The van der Waals surface area contributed by atoms with Crippen LogP contribution in [-0.2, 0) is 0 Å². The van der Waals surface area contributed by atoms with Crippen molar-refractivity contribution in [1.82, 2.24) is 5.32 Å². The Hall–Kier alpha value is -0.0000000000000000555. The fraction of sp³-hybridized carbons (Fsp3) is 0.500. The Labute approximate surface area is 117 Å². The Morgan fingerprint density at radius 1 is 1.50 bits per heavy atom. The van der Waals surface area contributed by atoms with Gasteiger partial charge in [-0.05, 0) is 66.2 Å². The molecule has 1 aromatic carbocycles. The van der Waals surface area contributed by atoms with E-state index in [1.807, 2.05) is 0 Å². The number of halogens is 2. The van der Waals surface area contributed by atoms with Crippen LogP contribution < -0.4 is 10.1 Å². The molecule has 1 N–H and O–H groups in total. The molecule has 1 aliphatic heterocycles. The summed E-state index contributed by atoms with van der Waals surface area (Å²) in [5, 5.41) is 3.35. The Morgan fingerprint density at radius 2 is 2.31 bits per heavy atom. The van der Waals surface area contributed by atoms with Crippen LogP contribution in [0.1, 0.15) is 12.0 Å². The van der Waals surface area contributed by atoms with Gasteiger partial charge in [-0.2, -0.15) is 0 Å². The molecule has 1 heterocycles. The van der Waals surface area contributed by atoms with E-state index in [1.54, 1.807) is 0 Å². The number of benzene rings is 1. The molecule has 16 heavy (non-hydrogen) atoms. The quantitative estimate of drug-likeness (QED) is 0.844. The van der Waals surface area contributed by atoms with Gasteiger partial charge >= 0.3 is 0 Å². The summed E-state index contributed by atoms with van der Waals surface area (Å²) in [5.74, 6) is 1.71. The first-order valence-electron chi connectivity index (χ1n) is 5.35. The van der Waals surface area contributed by atoms with E-state index >= 15 is 0 Å². The highest BCUT2D eigenvalue weighted by Gasteiger charge is 2.15. The van der Waals surface area contributed by atoms with E-state index in [2.05, 4.69) is 53.0 Å². The minimum absolute atomic E-state index is 0. The van der Waals surface area contributed by atoms with Crippen LogP contribution in [0.2, 0.25) is 0 Å². The molecule has 0 bridgehead atoms. The van der Waals surface area contributed by atoms with Gasteiger partial charge in [-0.1, -0.05) is 0 Å². The summed E-state index contributed by atoms with van der Waals surface area (Å²) >= 11 is 2.32. The van der Waals surface area contributed by atoms with Crippen molar-refractivity contribution in [1.29, 1.82) is 0 Å². The van der Waals surface area contributed by atoms with E-state index < -0.39 is 0 Å². The summed E-state index contributed by atoms with van der Waals surface area (Å²) in [5.41, 5.74) is 1.23. The van der Waals surface area contributed by atoms with Crippen LogP contribution in [0.15, 0.2) is 18.2 Å². The van der Waals surface area contributed by atoms with Gasteiger partial charge in [0.2, 0.25) is 0 Å². The number of hydrogen-bond acceptors (Lipinski definition) is 2. The largest absolute Gasteiger partial charge is 0.493 e. The van der Waals surface area contributed by atoms with Crippen LogP contribution >= 0.6 is 35.0 Å². The van der Waals surface area contributed by atoms with Crippen molar-refractivity contribution in [2.75, 3.05) is 19.7 Å². The van der Waals surface area contributed by atoms with Crippen LogP contribution in [0.3, 0.4) is 0 Å². The lowest BCUT2D eigenvalue weighted by molar-refractivity contribution is 0.258. The maximum atomic E-state index is 5.83. The Morgan fingerprint density at radius 3 is 2.94 bits per heavy atom. The van der Waals surface area contributed by atoms with E-state index in [4.69, 9.17) is 4.74 Å². The van der Waals surface area contributed by atoms with Crippen LogP contribution in [0.25, 0.3) is 0 Å². The molecule has 0 aromatic heterocycles. The fourth-order valence-electron chi connectivity index (χ4n) is 1.84. The number of hydrogen-bond donors (Lipinski definition) is 1. The predicted molar refractivity (Wildman–Crippen MR) is 77.6 cm³/mol. The predicted octanol–water partition coefficient (Wildman–Crippen LogP) is 3.01. The van der Waals surface area contributed by atoms with Crippen molar-refractivity contribution >= 4 is 35.0 Å². The second kappa shape index (κ2) is 6.67. The lowest BCUT2D eigenvalue weighted by Gasteiger charge is -2.12. The second-order valence-electron chi connectivity index (χ2n) is 4.08. The lowest BCUT2D eigenvalue weighted by atomic mass is 10.1. The van der Waals surface area contributed by atoms with Gasteiger partial charge in [0.1, 0.15) is 5.75 Å². The van der Waals surface area contributed by atoms with Gasteiger partial charge in [0.05, 0.1) is 6.61 Å². The summed E-state index contributed by atoms with van der Waals surface area (Å²) < 4.78 is 7.10. The second-order valence-corrected chi connectivity index (χ2v) is 5.33. The Balaban J connectivity index is 0.00000128. The SMILES string of the molecule is Cc1cc(I)ccc1OCC1CCNC1.Cl. The van der Waals surface area contributed by atoms with Gasteiger partial charge in [0.25, 0.3) is 0 Å². The molecule has 2 nitrogen and oxygen atoms in total. The van der Waals surface area contributed by atoms with Crippen LogP contribution in [-0.4, -0.2) is 19.7 Å². The van der Waals surface area contributed by atoms with Gasteiger partial charge < -0.3 is 10.1 Å². The zero-order valence-corrected chi connectivity index (χ0v) is 12.3. The van der Waals surface area contributed by atoms with Crippen molar-refractivity contribution in [2.24, 2.45) is 5.92 Å². The van der Waals surface area contributed by atoms with E-state index in [-0.39, 0.29) is 12.4 Å². The average Bonchev–Trinajstić information content (AvgIpc) is 2.69. The molecule has 2 rings (SSSR count). The van der Waals surface area contributed by atoms with Crippen molar-refractivity contribution in [3.63, 3.8) is 0 Å². The maximum Gasteiger partial charge on any atom is 0.122 e. The zero-order valence-electron chi connectivity index (χ0n) is 9.33. The monoisotopic (exact) mass is 353 g/mol. The van der Waals surface area contributed by atoms with Crippen molar-refractivity contribution in [2.45, 2.75) is 13.3 Å². The van der Waals surface area contributed by atoms with Gasteiger partial charge in [0, 0.05) is 16.0 Å². The summed E-state index contributed by atoms with van der Waals surface area (Å²) in [6, 6.07) is 6.32. The van der Waals surface area contributed by atoms with Crippen molar-refractivity contribution in [3.8, 4) is 5.75 Å².